The second kappa shape index (κ2) is 18.5. The third-order valence-electron chi connectivity index (χ3n) is 11.8. The molecule has 0 fully saturated rings. The molecule has 10 rings (SSSR count). The number of halogens is 1. The number of aromatic nitrogens is 3. The van der Waals surface area contributed by atoms with Gasteiger partial charge < -0.3 is 14.0 Å². The SMILES string of the molecule is CC(C)c1cc(-c2ccc([Si](C)(C)C)cc2)cc(C(C)C)c1-n1c(-c2[c-]ccc3c2oc2cc(-c4ccccc4)ccc23)nc2ccccc21.Fc1c[c-]c(-c2ccccn2)cc1.[Ir]. The average Bonchev–Trinajstić information content (AvgIpc) is 3.88. The van der Waals surface area contributed by atoms with Crippen molar-refractivity contribution in [3.63, 3.8) is 0 Å². The van der Waals surface area contributed by atoms with E-state index in [1.165, 1.54) is 50.8 Å². The van der Waals surface area contributed by atoms with Crippen molar-refractivity contribution in [3.8, 4) is 50.6 Å². The first-order chi connectivity index (χ1) is 30.4. The van der Waals surface area contributed by atoms with Crippen LogP contribution in [0.4, 0.5) is 4.39 Å². The molecule has 7 heteroatoms. The number of furan rings is 1. The molecule has 3 aromatic heterocycles. The van der Waals surface area contributed by atoms with Crippen LogP contribution in [0.2, 0.25) is 19.6 Å². The van der Waals surface area contributed by atoms with Crippen LogP contribution in [0.1, 0.15) is 50.7 Å². The number of rotatable bonds is 8. The Morgan fingerprint density at radius 3 is 1.97 bits per heavy atom. The van der Waals surface area contributed by atoms with E-state index < -0.39 is 8.07 Å². The fourth-order valence-corrected chi connectivity index (χ4v) is 9.54. The summed E-state index contributed by atoms with van der Waals surface area (Å²) in [6, 6.07) is 60.1. The number of nitrogens with zero attached hydrogens (tertiary/aromatic N) is 3. The van der Waals surface area contributed by atoms with Crippen molar-refractivity contribution >= 4 is 46.2 Å². The van der Waals surface area contributed by atoms with Gasteiger partial charge in [0, 0.05) is 43.2 Å². The summed E-state index contributed by atoms with van der Waals surface area (Å²) in [6.07, 6.45) is 1.70. The largest absolute Gasteiger partial charge is 0.501 e. The molecule has 3 heterocycles. The number of fused-ring (bicyclic) bond motifs is 4. The summed E-state index contributed by atoms with van der Waals surface area (Å²) in [5.41, 5.74) is 14.8. The maximum atomic E-state index is 12.6. The van der Waals surface area contributed by atoms with E-state index >= 15 is 0 Å². The van der Waals surface area contributed by atoms with Gasteiger partial charge in [0.05, 0.1) is 30.5 Å². The van der Waals surface area contributed by atoms with Gasteiger partial charge in [0.25, 0.3) is 0 Å². The normalized spacial score (nSPS) is 11.6. The Bertz CT molecular complexity index is 3180. The zero-order valence-corrected chi connectivity index (χ0v) is 40.6. The third kappa shape index (κ3) is 8.81. The Balaban J connectivity index is 0.000000343. The molecule has 4 nitrogen and oxygen atoms in total. The smallest absolute Gasteiger partial charge is 0.121 e. The number of benzene rings is 7. The van der Waals surface area contributed by atoms with E-state index in [0.29, 0.717) is 0 Å². The van der Waals surface area contributed by atoms with E-state index in [0.717, 1.165) is 61.2 Å². The number of imidazole rings is 1. The predicted molar refractivity (Wildman–Crippen MR) is 263 cm³/mol. The third-order valence-corrected chi connectivity index (χ3v) is 13.8. The zero-order chi connectivity index (χ0) is 43.8. The summed E-state index contributed by atoms with van der Waals surface area (Å²) in [6.45, 7) is 16.4. The van der Waals surface area contributed by atoms with Crippen molar-refractivity contribution in [1.29, 1.82) is 0 Å². The van der Waals surface area contributed by atoms with Crippen molar-refractivity contribution in [1.82, 2.24) is 14.5 Å². The molecular weight excluding hydrogens is 982 g/mol. The minimum atomic E-state index is -1.40. The summed E-state index contributed by atoms with van der Waals surface area (Å²) in [5.74, 6) is 1.12. The van der Waals surface area contributed by atoms with Crippen LogP contribution in [0, 0.1) is 17.9 Å². The van der Waals surface area contributed by atoms with Crippen molar-refractivity contribution < 1.29 is 28.9 Å². The minimum Gasteiger partial charge on any atom is -0.501 e. The van der Waals surface area contributed by atoms with Gasteiger partial charge in [-0.05, 0) is 87.3 Å². The number of hydrogen-bond donors (Lipinski definition) is 0. The topological polar surface area (TPSA) is 43.9 Å². The quantitative estimate of drug-likeness (QED) is 0.113. The summed E-state index contributed by atoms with van der Waals surface area (Å²) in [4.78, 5) is 9.46. The predicted octanol–water partition coefficient (Wildman–Crippen LogP) is 15.2. The van der Waals surface area contributed by atoms with Gasteiger partial charge in [-0.25, -0.2) is 0 Å². The molecule has 0 N–H and O–H groups in total. The first-order valence-electron chi connectivity index (χ1n) is 21.7. The van der Waals surface area contributed by atoms with E-state index in [9.17, 15) is 4.39 Å². The zero-order valence-electron chi connectivity index (χ0n) is 37.2. The molecule has 0 aliphatic carbocycles. The molecule has 7 aromatic carbocycles. The van der Waals surface area contributed by atoms with Crippen LogP contribution >= 0.6 is 0 Å². The molecule has 0 aliphatic heterocycles. The second-order valence-electron chi connectivity index (χ2n) is 17.8. The van der Waals surface area contributed by atoms with Crippen LogP contribution < -0.4 is 5.19 Å². The van der Waals surface area contributed by atoms with Gasteiger partial charge >= 0.3 is 0 Å². The minimum absolute atomic E-state index is 0. The summed E-state index contributed by atoms with van der Waals surface area (Å²) in [7, 11) is -1.40. The van der Waals surface area contributed by atoms with Gasteiger partial charge in [-0.3, -0.25) is 9.37 Å². The fourth-order valence-electron chi connectivity index (χ4n) is 8.37. The molecule has 1 radical (unpaired) electrons. The average molecular weight is 1030 g/mol. The van der Waals surface area contributed by atoms with E-state index in [4.69, 9.17) is 9.40 Å². The second-order valence-corrected chi connectivity index (χ2v) is 22.9. The molecule has 0 saturated carbocycles. The van der Waals surface area contributed by atoms with Crippen molar-refractivity contribution in [2.75, 3.05) is 0 Å². The Hall–Kier alpha value is -6.24. The Labute approximate surface area is 390 Å². The van der Waals surface area contributed by atoms with Crippen LogP contribution in [0.5, 0.6) is 0 Å². The Morgan fingerprint density at radius 2 is 1.31 bits per heavy atom. The van der Waals surface area contributed by atoms with Crippen LogP contribution in [0.25, 0.3) is 83.6 Å². The summed E-state index contributed by atoms with van der Waals surface area (Å²) in [5, 5.41) is 3.64. The van der Waals surface area contributed by atoms with Gasteiger partial charge in [0.1, 0.15) is 5.58 Å². The molecule has 0 spiro atoms. The molecule has 0 aliphatic rings. The fraction of sp³-hybridized carbons (Fsp3) is 0.158. The molecule has 0 atom stereocenters. The maximum absolute atomic E-state index is 12.6. The van der Waals surface area contributed by atoms with Crippen LogP contribution in [0.3, 0.4) is 0 Å². The number of hydrogen-bond acceptors (Lipinski definition) is 3. The van der Waals surface area contributed by atoms with Gasteiger partial charge in [0.2, 0.25) is 0 Å². The van der Waals surface area contributed by atoms with Crippen molar-refractivity contribution in [2.24, 2.45) is 0 Å². The van der Waals surface area contributed by atoms with Crippen LogP contribution in [-0.4, -0.2) is 22.6 Å². The summed E-state index contributed by atoms with van der Waals surface area (Å²) >= 11 is 0. The first-order valence-corrected chi connectivity index (χ1v) is 25.2. The van der Waals surface area contributed by atoms with E-state index in [1.807, 2.05) is 30.3 Å². The Kier molecular flexibility index (Phi) is 12.8. The molecule has 0 saturated heterocycles. The molecule has 321 valence electrons. The van der Waals surface area contributed by atoms with Crippen LogP contribution in [-0.2, 0) is 20.1 Å². The summed E-state index contributed by atoms with van der Waals surface area (Å²) < 4.78 is 21.7. The Morgan fingerprint density at radius 1 is 0.641 bits per heavy atom. The van der Waals surface area contributed by atoms with Crippen molar-refractivity contribution in [2.45, 2.75) is 59.2 Å². The van der Waals surface area contributed by atoms with Crippen LogP contribution in [0.15, 0.2) is 168 Å². The van der Waals surface area contributed by atoms with Gasteiger partial charge in [0.15, 0.2) is 0 Å². The molecule has 0 unspecified atom stereocenters. The number of pyridine rings is 1. The standard InChI is InChI=1S/C46H43N2OSi.C11H7FN.Ir/c1-29(2)39-26-34(32-20-23-35(24-21-32)50(5,6)7)27-40(30(3)4)44(39)48-42-19-12-11-18-41(42)47-46(48)38-17-13-16-37-36-25-22-33(28-43(36)49-45(37)38)31-14-9-8-10-15-31;12-10-6-4-9(5-7-10)11-3-1-2-8-13-11;/h8-16,18-30H,1-7H3;1-4,6-8H;/q2*-1;. The number of para-hydroxylation sites is 2. The molecule has 0 bridgehead atoms. The molecule has 10 aromatic rings. The first kappa shape index (κ1) is 44.4. The van der Waals surface area contributed by atoms with E-state index in [-0.39, 0.29) is 37.8 Å². The van der Waals surface area contributed by atoms with Gasteiger partial charge in [-0.1, -0.05) is 154 Å². The van der Waals surface area contributed by atoms with Crippen molar-refractivity contribution in [3.05, 3.63) is 193 Å². The monoisotopic (exact) mass is 1030 g/mol. The van der Waals surface area contributed by atoms with Gasteiger partial charge in [-0.2, -0.15) is 0 Å². The molecule has 0 amide bonds. The molecule has 64 heavy (non-hydrogen) atoms. The molecular formula is C57H50FIrN3OSi-2. The van der Waals surface area contributed by atoms with E-state index in [2.05, 4.69) is 178 Å². The van der Waals surface area contributed by atoms with E-state index in [1.54, 1.807) is 12.3 Å². The van der Waals surface area contributed by atoms with Gasteiger partial charge in [-0.15, -0.1) is 48.0 Å². The maximum Gasteiger partial charge on any atom is 0.121 e.